The minimum atomic E-state index is -0.0867. The van der Waals surface area contributed by atoms with E-state index >= 15 is 0 Å². The molecule has 0 aliphatic heterocycles. The van der Waals surface area contributed by atoms with Crippen LogP contribution in [-0.4, -0.2) is 5.91 Å². The van der Waals surface area contributed by atoms with Gasteiger partial charge >= 0.3 is 0 Å². The molecule has 2 aromatic heterocycles. The lowest BCUT2D eigenvalue weighted by Crippen LogP contribution is -2.25. The van der Waals surface area contributed by atoms with E-state index < -0.39 is 0 Å². The molecule has 2 aromatic rings. The molecule has 1 aliphatic rings. The third-order valence-electron chi connectivity index (χ3n) is 4.20. The van der Waals surface area contributed by atoms with Crippen LogP contribution in [0.4, 0.5) is 5.00 Å². The van der Waals surface area contributed by atoms with Gasteiger partial charge in [0.15, 0.2) is 0 Å². The molecule has 1 atom stereocenters. The van der Waals surface area contributed by atoms with E-state index in [1.807, 2.05) is 12.1 Å². The molecule has 21 heavy (non-hydrogen) atoms. The van der Waals surface area contributed by atoms with Gasteiger partial charge in [0.25, 0.3) is 5.91 Å². The maximum atomic E-state index is 12.4. The molecule has 3 N–H and O–H groups in total. The van der Waals surface area contributed by atoms with E-state index in [1.165, 1.54) is 16.9 Å². The number of carbonyl (C=O) groups excluding carboxylic acids is 1. The molecule has 0 radical (unpaired) electrons. The molecule has 0 fully saturated rings. The zero-order valence-electron chi connectivity index (χ0n) is 12.1. The lowest BCUT2D eigenvalue weighted by molar-refractivity contribution is 0.0948. The molecular weight excluding hydrogens is 284 g/mol. The quantitative estimate of drug-likeness (QED) is 0.910. The Morgan fingerprint density at radius 3 is 3.14 bits per heavy atom. The van der Waals surface area contributed by atoms with Crippen molar-refractivity contribution in [3.63, 3.8) is 0 Å². The van der Waals surface area contributed by atoms with Crippen LogP contribution in [-0.2, 0) is 19.4 Å². The van der Waals surface area contributed by atoms with Gasteiger partial charge in [0.2, 0.25) is 0 Å². The summed E-state index contributed by atoms with van der Waals surface area (Å²) < 4.78 is 5.23. The summed E-state index contributed by atoms with van der Waals surface area (Å²) in [6.45, 7) is 2.62. The maximum Gasteiger partial charge on any atom is 0.254 e. The summed E-state index contributed by atoms with van der Waals surface area (Å²) in [7, 11) is 0. The fourth-order valence-electron chi connectivity index (χ4n) is 2.94. The highest BCUT2D eigenvalue weighted by Crippen LogP contribution is 2.38. The molecule has 0 spiro atoms. The number of nitrogen functional groups attached to an aromatic ring is 1. The fourth-order valence-corrected chi connectivity index (χ4v) is 4.17. The molecule has 0 aromatic carbocycles. The van der Waals surface area contributed by atoms with Gasteiger partial charge < -0.3 is 15.5 Å². The van der Waals surface area contributed by atoms with Crippen molar-refractivity contribution in [1.82, 2.24) is 5.32 Å². The number of hydrogen-bond donors (Lipinski definition) is 2. The second-order valence-electron chi connectivity index (χ2n) is 5.52. The number of rotatable bonds is 4. The molecule has 0 bridgehead atoms. The third kappa shape index (κ3) is 2.83. The zero-order valence-corrected chi connectivity index (χ0v) is 13.0. The zero-order chi connectivity index (χ0) is 14.8. The van der Waals surface area contributed by atoms with Gasteiger partial charge in [-0.05, 0) is 42.9 Å². The molecule has 2 heterocycles. The minimum absolute atomic E-state index is 0.0867. The highest BCUT2D eigenvalue weighted by atomic mass is 32.1. The Bertz CT molecular complexity index is 631. The van der Waals surface area contributed by atoms with Crippen LogP contribution in [0.1, 0.15) is 46.3 Å². The third-order valence-corrected chi connectivity index (χ3v) is 5.29. The van der Waals surface area contributed by atoms with Crippen LogP contribution in [0.2, 0.25) is 0 Å². The van der Waals surface area contributed by atoms with E-state index in [4.69, 9.17) is 10.2 Å². The number of hydrogen-bond acceptors (Lipinski definition) is 4. The molecule has 1 aliphatic carbocycles. The number of fused-ring (bicyclic) bond motifs is 1. The first kappa shape index (κ1) is 14.2. The number of nitrogens with one attached hydrogen (secondary N) is 1. The van der Waals surface area contributed by atoms with Crippen molar-refractivity contribution in [2.24, 2.45) is 5.92 Å². The van der Waals surface area contributed by atoms with Crippen molar-refractivity contribution < 1.29 is 9.21 Å². The predicted molar refractivity (Wildman–Crippen MR) is 84.4 cm³/mol. The van der Waals surface area contributed by atoms with Crippen LogP contribution in [0, 0.1) is 5.92 Å². The lowest BCUT2D eigenvalue weighted by Gasteiger charge is -2.21. The summed E-state index contributed by atoms with van der Waals surface area (Å²) in [4.78, 5) is 13.7. The number of anilines is 1. The first-order valence-electron chi connectivity index (χ1n) is 7.39. The van der Waals surface area contributed by atoms with E-state index in [0.717, 1.165) is 30.9 Å². The number of furan rings is 1. The second-order valence-corrected chi connectivity index (χ2v) is 6.66. The monoisotopic (exact) mass is 304 g/mol. The first-order valence-corrected chi connectivity index (χ1v) is 8.21. The Kier molecular flexibility index (Phi) is 4.01. The topological polar surface area (TPSA) is 68.3 Å². The van der Waals surface area contributed by atoms with Gasteiger partial charge in [-0.15, -0.1) is 11.3 Å². The molecule has 1 amide bonds. The molecular formula is C16H20N2O2S. The normalized spacial score (nSPS) is 17.5. The van der Waals surface area contributed by atoms with Crippen LogP contribution in [0.15, 0.2) is 22.8 Å². The van der Waals surface area contributed by atoms with Crippen LogP contribution in [0.3, 0.4) is 0 Å². The van der Waals surface area contributed by atoms with Crippen LogP contribution in [0.5, 0.6) is 0 Å². The predicted octanol–water partition coefficient (Wildman–Crippen LogP) is 3.37. The highest BCUT2D eigenvalue weighted by molar-refractivity contribution is 7.16. The Morgan fingerprint density at radius 2 is 2.43 bits per heavy atom. The van der Waals surface area contributed by atoms with E-state index in [0.29, 0.717) is 17.1 Å². The molecule has 0 saturated carbocycles. The van der Waals surface area contributed by atoms with Crippen LogP contribution in [0.25, 0.3) is 0 Å². The average molecular weight is 304 g/mol. The van der Waals surface area contributed by atoms with Crippen molar-refractivity contribution in [2.75, 3.05) is 5.73 Å². The van der Waals surface area contributed by atoms with Gasteiger partial charge in [-0.3, -0.25) is 4.79 Å². The number of nitrogens with two attached hydrogens (primary N) is 1. The Morgan fingerprint density at radius 1 is 1.57 bits per heavy atom. The van der Waals surface area contributed by atoms with Gasteiger partial charge in [-0.25, -0.2) is 0 Å². The fraction of sp³-hybridized carbons (Fsp3) is 0.438. The van der Waals surface area contributed by atoms with E-state index in [1.54, 1.807) is 17.6 Å². The molecule has 5 heteroatoms. The van der Waals surface area contributed by atoms with E-state index in [-0.39, 0.29) is 5.91 Å². The molecule has 0 unspecified atom stereocenters. The van der Waals surface area contributed by atoms with Crippen molar-refractivity contribution in [2.45, 2.75) is 39.2 Å². The smallest absolute Gasteiger partial charge is 0.254 e. The molecule has 0 saturated heterocycles. The average Bonchev–Trinajstić information content (AvgIpc) is 3.10. The molecule has 3 rings (SSSR count). The summed E-state index contributed by atoms with van der Waals surface area (Å²) in [5.41, 5.74) is 7.95. The van der Waals surface area contributed by atoms with Crippen molar-refractivity contribution in [3.05, 3.63) is 40.2 Å². The molecule has 112 valence electrons. The first-order chi connectivity index (χ1) is 10.2. The van der Waals surface area contributed by atoms with Gasteiger partial charge in [0, 0.05) is 4.88 Å². The van der Waals surface area contributed by atoms with Gasteiger partial charge in [-0.2, -0.15) is 0 Å². The van der Waals surface area contributed by atoms with E-state index in [9.17, 15) is 4.79 Å². The van der Waals surface area contributed by atoms with Gasteiger partial charge in [0.05, 0.1) is 23.4 Å². The summed E-state index contributed by atoms with van der Waals surface area (Å²) in [5.74, 6) is 1.39. The summed E-state index contributed by atoms with van der Waals surface area (Å²) in [5, 5.41) is 3.54. The Labute approximate surface area is 128 Å². The Balaban J connectivity index is 1.76. The molecule has 4 nitrogen and oxygen atoms in total. The van der Waals surface area contributed by atoms with Crippen molar-refractivity contribution >= 4 is 22.2 Å². The maximum absolute atomic E-state index is 12.4. The summed E-state index contributed by atoms with van der Waals surface area (Å²) in [6.07, 6.45) is 5.97. The summed E-state index contributed by atoms with van der Waals surface area (Å²) >= 11 is 1.58. The number of amides is 1. The number of thiophene rings is 1. The Hall–Kier alpha value is -1.75. The number of carbonyl (C=O) groups is 1. The van der Waals surface area contributed by atoms with Crippen molar-refractivity contribution in [3.8, 4) is 0 Å². The lowest BCUT2D eigenvalue weighted by atomic mass is 9.85. The summed E-state index contributed by atoms with van der Waals surface area (Å²) in [6, 6.07) is 3.66. The van der Waals surface area contributed by atoms with Gasteiger partial charge in [0.1, 0.15) is 5.76 Å². The second kappa shape index (κ2) is 5.93. The largest absolute Gasteiger partial charge is 0.467 e. The highest BCUT2D eigenvalue weighted by Gasteiger charge is 2.27. The van der Waals surface area contributed by atoms with Gasteiger partial charge in [-0.1, -0.05) is 13.3 Å². The minimum Gasteiger partial charge on any atom is -0.467 e. The van der Waals surface area contributed by atoms with E-state index in [2.05, 4.69) is 12.2 Å². The van der Waals surface area contributed by atoms with Crippen LogP contribution < -0.4 is 11.1 Å². The van der Waals surface area contributed by atoms with Crippen LogP contribution >= 0.6 is 11.3 Å². The SMILES string of the molecule is CC[C@H]1CCc2c(sc(N)c2C(=O)NCc2ccco2)C1. The van der Waals surface area contributed by atoms with Crippen molar-refractivity contribution in [1.29, 1.82) is 0 Å². The standard InChI is InChI=1S/C16H20N2O2S/c1-2-10-5-6-12-13(8-10)21-15(17)14(12)16(19)18-9-11-4-3-7-20-11/h3-4,7,10H,2,5-6,8-9,17H2,1H3,(H,18,19)/t10-/m0/s1.